The van der Waals surface area contributed by atoms with Gasteiger partial charge >= 0.3 is 6.03 Å². The first-order chi connectivity index (χ1) is 8.75. The standard InChI is InChI=1S/C12H17N5O/c13-12(18)16-6-3-10-9(8-16)11-7-14-4-1-2-5-17(11)15-10/h1-2,14H,3-8H2,(H2,13,18). The highest BCUT2D eigenvalue weighted by Gasteiger charge is 2.25. The van der Waals surface area contributed by atoms with Crippen LogP contribution in [0, 0.1) is 0 Å². The van der Waals surface area contributed by atoms with Crippen molar-refractivity contribution < 1.29 is 4.79 Å². The van der Waals surface area contributed by atoms with Gasteiger partial charge in [-0.05, 0) is 0 Å². The Morgan fingerprint density at radius 2 is 2.33 bits per heavy atom. The molecule has 0 spiro atoms. The number of nitrogens with two attached hydrogens (primary N) is 1. The zero-order chi connectivity index (χ0) is 12.5. The van der Waals surface area contributed by atoms with Crippen molar-refractivity contribution in [3.8, 4) is 0 Å². The van der Waals surface area contributed by atoms with E-state index in [1.54, 1.807) is 4.90 Å². The molecular formula is C12H17N5O. The first-order valence-electron chi connectivity index (χ1n) is 6.23. The molecule has 0 saturated heterocycles. The molecule has 0 saturated carbocycles. The van der Waals surface area contributed by atoms with Gasteiger partial charge in [0.1, 0.15) is 0 Å². The van der Waals surface area contributed by atoms with Gasteiger partial charge < -0.3 is 16.0 Å². The average Bonchev–Trinajstić information content (AvgIpc) is 2.65. The summed E-state index contributed by atoms with van der Waals surface area (Å²) >= 11 is 0. The van der Waals surface area contributed by atoms with Gasteiger partial charge in [0.25, 0.3) is 0 Å². The average molecular weight is 247 g/mol. The van der Waals surface area contributed by atoms with Gasteiger partial charge in [-0.3, -0.25) is 4.68 Å². The van der Waals surface area contributed by atoms with Gasteiger partial charge in [-0.15, -0.1) is 0 Å². The third-order valence-electron chi connectivity index (χ3n) is 3.53. The van der Waals surface area contributed by atoms with Gasteiger partial charge in [-0.25, -0.2) is 4.79 Å². The predicted molar refractivity (Wildman–Crippen MR) is 66.8 cm³/mol. The Balaban J connectivity index is 1.95. The Kier molecular flexibility index (Phi) is 2.79. The quantitative estimate of drug-likeness (QED) is 0.633. The molecule has 1 aromatic rings. The topological polar surface area (TPSA) is 76.2 Å². The minimum atomic E-state index is -0.348. The Hall–Kier alpha value is -1.82. The molecule has 0 radical (unpaired) electrons. The van der Waals surface area contributed by atoms with E-state index < -0.39 is 0 Å². The van der Waals surface area contributed by atoms with Crippen molar-refractivity contribution in [3.05, 3.63) is 29.1 Å². The molecule has 2 aliphatic rings. The van der Waals surface area contributed by atoms with Crippen LogP contribution in [0.15, 0.2) is 12.2 Å². The van der Waals surface area contributed by atoms with E-state index in [1.165, 1.54) is 11.3 Å². The predicted octanol–water partition coefficient (Wildman–Crippen LogP) is -0.0207. The van der Waals surface area contributed by atoms with Crippen molar-refractivity contribution in [2.75, 3.05) is 13.1 Å². The fourth-order valence-corrected chi connectivity index (χ4v) is 2.55. The fourth-order valence-electron chi connectivity index (χ4n) is 2.55. The van der Waals surface area contributed by atoms with E-state index in [9.17, 15) is 4.79 Å². The van der Waals surface area contributed by atoms with Gasteiger partial charge in [0.2, 0.25) is 0 Å². The van der Waals surface area contributed by atoms with Crippen LogP contribution in [0.3, 0.4) is 0 Å². The highest BCUT2D eigenvalue weighted by atomic mass is 16.2. The van der Waals surface area contributed by atoms with Crippen molar-refractivity contribution in [3.63, 3.8) is 0 Å². The van der Waals surface area contributed by atoms with Crippen LogP contribution in [0.4, 0.5) is 4.79 Å². The number of hydrogen-bond donors (Lipinski definition) is 2. The van der Waals surface area contributed by atoms with Crippen LogP contribution in [0.5, 0.6) is 0 Å². The number of primary amides is 1. The van der Waals surface area contributed by atoms with Crippen LogP contribution in [-0.4, -0.2) is 33.8 Å². The molecule has 96 valence electrons. The van der Waals surface area contributed by atoms with Gasteiger partial charge in [-0.1, -0.05) is 12.2 Å². The third-order valence-corrected chi connectivity index (χ3v) is 3.53. The van der Waals surface area contributed by atoms with E-state index in [2.05, 4.69) is 22.6 Å². The summed E-state index contributed by atoms with van der Waals surface area (Å²) in [6, 6.07) is -0.348. The second-order valence-electron chi connectivity index (χ2n) is 4.67. The summed E-state index contributed by atoms with van der Waals surface area (Å²) in [5.41, 5.74) is 8.82. The number of carbonyl (C=O) groups is 1. The molecule has 6 heteroatoms. The molecule has 2 aliphatic heterocycles. The molecule has 1 aromatic heterocycles. The van der Waals surface area contributed by atoms with E-state index in [-0.39, 0.29) is 6.03 Å². The molecule has 3 rings (SSSR count). The normalized spacial score (nSPS) is 18.8. The lowest BCUT2D eigenvalue weighted by molar-refractivity contribution is 0.202. The van der Waals surface area contributed by atoms with Crippen molar-refractivity contribution in [2.24, 2.45) is 5.73 Å². The molecule has 0 fully saturated rings. The first kappa shape index (κ1) is 11.3. The number of allylic oxidation sites excluding steroid dienone is 1. The van der Waals surface area contributed by atoms with Crippen LogP contribution in [0.2, 0.25) is 0 Å². The van der Waals surface area contributed by atoms with Crippen LogP contribution < -0.4 is 11.1 Å². The molecule has 0 aliphatic carbocycles. The Morgan fingerprint density at radius 3 is 3.17 bits per heavy atom. The van der Waals surface area contributed by atoms with Crippen LogP contribution in [0.1, 0.15) is 17.0 Å². The highest BCUT2D eigenvalue weighted by Crippen LogP contribution is 2.22. The van der Waals surface area contributed by atoms with E-state index >= 15 is 0 Å². The number of carbonyl (C=O) groups excluding carboxylic acids is 1. The minimum absolute atomic E-state index is 0.348. The van der Waals surface area contributed by atoms with E-state index in [0.717, 1.165) is 31.7 Å². The van der Waals surface area contributed by atoms with Crippen LogP contribution in [0.25, 0.3) is 0 Å². The molecule has 3 N–H and O–H groups in total. The second kappa shape index (κ2) is 4.45. The third kappa shape index (κ3) is 1.88. The fraction of sp³-hybridized carbons (Fsp3) is 0.500. The number of rotatable bonds is 0. The van der Waals surface area contributed by atoms with E-state index in [4.69, 9.17) is 5.73 Å². The van der Waals surface area contributed by atoms with Crippen LogP contribution in [-0.2, 0) is 26.1 Å². The number of aromatic nitrogens is 2. The summed E-state index contributed by atoms with van der Waals surface area (Å²) in [6.45, 7) is 3.73. The maximum absolute atomic E-state index is 11.3. The van der Waals surface area contributed by atoms with Crippen molar-refractivity contribution in [1.82, 2.24) is 20.0 Å². The number of hydrogen-bond acceptors (Lipinski definition) is 3. The molecule has 18 heavy (non-hydrogen) atoms. The molecule has 6 nitrogen and oxygen atoms in total. The smallest absolute Gasteiger partial charge is 0.315 e. The molecule has 0 aromatic carbocycles. The molecule has 0 atom stereocenters. The van der Waals surface area contributed by atoms with E-state index in [0.29, 0.717) is 13.1 Å². The molecule has 2 amide bonds. The van der Waals surface area contributed by atoms with Gasteiger partial charge in [-0.2, -0.15) is 5.10 Å². The van der Waals surface area contributed by atoms with Gasteiger partial charge in [0.05, 0.1) is 24.5 Å². The van der Waals surface area contributed by atoms with Gasteiger partial charge in [0, 0.05) is 31.6 Å². The molecule has 0 bridgehead atoms. The Labute approximate surface area is 105 Å². The lowest BCUT2D eigenvalue weighted by Gasteiger charge is -2.25. The minimum Gasteiger partial charge on any atom is -0.351 e. The number of nitrogens with zero attached hydrogens (tertiary/aromatic N) is 3. The lowest BCUT2D eigenvalue weighted by Crippen LogP contribution is -2.39. The maximum atomic E-state index is 11.3. The Morgan fingerprint density at radius 1 is 1.44 bits per heavy atom. The number of amides is 2. The first-order valence-corrected chi connectivity index (χ1v) is 6.23. The lowest BCUT2D eigenvalue weighted by atomic mass is 10.1. The Bertz CT molecular complexity index is 505. The monoisotopic (exact) mass is 247 g/mol. The van der Waals surface area contributed by atoms with Crippen molar-refractivity contribution in [2.45, 2.75) is 26.1 Å². The number of fused-ring (bicyclic) bond motifs is 3. The SMILES string of the molecule is NC(=O)N1CCc2nn3c(c2C1)CNCC=CC3. The molecular weight excluding hydrogens is 230 g/mol. The summed E-state index contributed by atoms with van der Waals surface area (Å²) in [5.74, 6) is 0. The van der Waals surface area contributed by atoms with Gasteiger partial charge in [0.15, 0.2) is 0 Å². The summed E-state index contributed by atoms with van der Waals surface area (Å²) in [5, 5.41) is 7.97. The van der Waals surface area contributed by atoms with Crippen LogP contribution >= 0.6 is 0 Å². The molecule has 0 unspecified atom stereocenters. The zero-order valence-electron chi connectivity index (χ0n) is 10.2. The summed E-state index contributed by atoms with van der Waals surface area (Å²) in [7, 11) is 0. The second-order valence-corrected chi connectivity index (χ2v) is 4.67. The van der Waals surface area contributed by atoms with Crippen molar-refractivity contribution >= 4 is 6.03 Å². The van der Waals surface area contributed by atoms with Crippen molar-refractivity contribution in [1.29, 1.82) is 0 Å². The number of nitrogens with one attached hydrogen (secondary N) is 1. The highest BCUT2D eigenvalue weighted by molar-refractivity contribution is 5.72. The zero-order valence-corrected chi connectivity index (χ0v) is 10.2. The van der Waals surface area contributed by atoms with E-state index in [1.807, 2.05) is 4.68 Å². The molecule has 3 heterocycles. The largest absolute Gasteiger partial charge is 0.351 e. The number of urea groups is 1. The maximum Gasteiger partial charge on any atom is 0.315 e. The summed E-state index contributed by atoms with van der Waals surface area (Å²) in [4.78, 5) is 13.0. The summed E-state index contributed by atoms with van der Waals surface area (Å²) < 4.78 is 2.03. The summed E-state index contributed by atoms with van der Waals surface area (Å²) in [6.07, 6.45) is 5.02.